The minimum absolute atomic E-state index is 0.00891. The van der Waals surface area contributed by atoms with Crippen molar-refractivity contribution >= 4 is 34.4 Å². The first-order valence-corrected chi connectivity index (χ1v) is 9.17. The number of carbonyl (C=O) groups is 1. The number of fused-ring (bicyclic) bond motifs is 1. The molecule has 0 radical (unpaired) electrons. The van der Waals surface area contributed by atoms with Gasteiger partial charge in [-0.1, -0.05) is 24.1 Å². The number of ether oxygens (including phenoxy) is 2. The van der Waals surface area contributed by atoms with Crippen molar-refractivity contribution in [2.24, 2.45) is 0 Å². The van der Waals surface area contributed by atoms with Gasteiger partial charge in [-0.15, -0.1) is 6.42 Å². The average Bonchev–Trinajstić information content (AvgIpc) is 3.30. The number of aliphatic hydroxyl groups is 1. The zero-order valence-corrected chi connectivity index (χ0v) is 15.9. The second kappa shape index (κ2) is 7.37. The summed E-state index contributed by atoms with van der Waals surface area (Å²) >= 11 is 5.94. The van der Waals surface area contributed by atoms with E-state index in [9.17, 15) is 9.90 Å². The van der Waals surface area contributed by atoms with Crippen LogP contribution in [-0.2, 0) is 9.47 Å². The van der Waals surface area contributed by atoms with Crippen molar-refractivity contribution in [3.05, 3.63) is 53.4 Å². The smallest absolute Gasteiger partial charge is 0.338 e. The summed E-state index contributed by atoms with van der Waals surface area (Å²) in [6, 6.07) is 10.2. The highest BCUT2D eigenvalue weighted by molar-refractivity contribution is 6.28. The van der Waals surface area contributed by atoms with Gasteiger partial charge in [0.2, 0.25) is 5.28 Å². The molecule has 148 valence electrons. The van der Waals surface area contributed by atoms with E-state index in [1.165, 1.54) is 0 Å². The first-order chi connectivity index (χ1) is 14.0. The van der Waals surface area contributed by atoms with Crippen molar-refractivity contribution in [3.63, 3.8) is 0 Å². The third kappa shape index (κ3) is 3.29. The van der Waals surface area contributed by atoms with Gasteiger partial charge in [-0.25, -0.2) is 9.78 Å². The lowest BCUT2D eigenvalue weighted by Crippen LogP contribution is -2.44. The molecule has 3 heterocycles. The Balaban J connectivity index is 1.67. The van der Waals surface area contributed by atoms with Crippen molar-refractivity contribution in [2.75, 3.05) is 12.3 Å². The number of aromatic nitrogens is 3. The SMILES string of the molecule is C#C[C@]1(CO)O[C@@H](n2ccc3c(N)nc(Cl)nc32)C[C@@H]1OC(=O)c1ccccc1. The number of benzene rings is 1. The van der Waals surface area contributed by atoms with Gasteiger partial charge < -0.3 is 24.9 Å². The highest BCUT2D eigenvalue weighted by Crippen LogP contribution is 2.40. The molecule has 29 heavy (non-hydrogen) atoms. The predicted molar refractivity (Wildman–Crippen MR) is 106 cm³/mol. The van der Waals surface area contributed by atoms with Gasteiger partial charge in [0.15, 0.2) is 5.60 Å². The number of nitrogens with zero attached hydrogens (tertiary/aromatic N) is 3. The molecule has 8 nitrogen and oxygen atoms in total. The second-order valence-electron chi connectivity index (χ2n) is 6.60. The van der Waals surface area contributed by atoms with Gasteiger partial charge in [-0.05, 0) is 29.8 Å². The van der Waals surface area contributed by atoms with Crippen LogP contribution in [0.4, 0.5) is 5.82 Å². The normalized spacial score (nSPS) is 23.8. The quantitative estimate of drug-likeness (QED) is 0.383. The fourth-order valence-electron chi connectivity index (χ4n) is 3.40. The molecular formula is C20H17ClN4O4. The maximum Gasteiger partial charge on any atom is 0.338 e. The molecule has 1 saturated heterocycles. The van der Waals surface area contributed by atoms with Crippen LogP contribution in [0.25, 0.3) is 11.0 Å². The van der Waals surface area contributed by atoms with E-state index in [1.54, 1.807) is 47.2 Å². The number of nitrogens with two attached hydrogens (primary N) is 1. The number of anilines is 1. The summed E-state index contributed by atoms with van der Waals surface area (Å²) in [4.78, 5) is 20.7. The zero-order chi connectivity index (χ0) is 20.6. The van der Waals surface area contributed by atoms with Gasteiger partial charge in [-0.2, -0.15) is 4.98 Å². The lowest BCUT2D eigenvalue weighted by molar-refractivity contribution is -0.0929. The molecule has 9 heteroatoms. The summed E-state index contributed by atoms with van der Waals surface area (Å²) in [5, 5.41) is 10.5. The zero-order valence-electron chi connectivity index (χ0n) is 15.2. The van der Waals surface area contributed by atoms with E-state index in [2.05, 4.69) is 15.9 Å². The fourth-order valence-corrected chi connectivity index (χ4v) is 3.57. The van der Waals surface area contributed by atoms with Crippen LogP contribution in [0.3, 0.4) is 0 Å². The Morgan fingerprint density at radius 3 is 2.86 bits per heavy atom. The number of hydrogen-bond acceptors (Lipinski definition) is 7. The van der Waals surface area contributed by atoms with Crippen LogP contribution in [0, 0.1) is 12.3 Å². The number of esters is 1. The first-order valence-electron chi connectivity index (χ1n) is 8.79. The number of halogens is 1. The van der Waals surface area contributed by atoms with Gasteiger partial charge in [0.05, 0.1) is 17.6 Å². The molecule has 4 rings (SSSR count). The Hall–Kier alpha value is -3.12. The Kier molecular flexibility index (Phi) is 4.88. The van der Waals surface area contributed by atoms with Gasteiger partial charge >= 0.3 is 5.97 Å². The highest BCUT2D eigenvalue weighted by atomic mass is 35.5. The molecule has 0 unspecified atom stereocenters. The van der Waals surface area contributed by atoms with E-state index in [4.69, 9.17) is 33.2 Å². The molecule has 0 saturated carbocycles. The van der Waals surface area contributed by atoms with Crippen LogP contribution in [-0.4, -0.2) is 43.9 Å². The number of aliphatic hydroxyl groups excluding tert-OH is 1. The largest absolute Gasteiger partial charge is 0.454 e. The molecular weight excluding hydrogens is 396 g/mol. The number of nitrogen functional groups attached to an aromatic ring is 1. The van der Waals surface area contributed by atoms with E-state index in [0.29, 0.717) is 16.6 Å². The second-order valence-corrected chi connectivity index (χ2v) is 6.94. The molecule has 2 aromatic heterocycles. The van der Waals surface area contributed by atoms with E-state index in [-0.39, 0.29) is 17.5 Å². The molecule has 0 spiro atoms. The third-order valence-electron chi connectivity index (χ3n) is 4.90. The van der Waals surface area contributed by atoms with Crippen LogP contribution in [0.2, 0.25) is 5.28 Å². The minimum Gasteiger partial charge on any atom is -0.454 e. The van der Waals surface area contributed by atoms with Gasteiger partial charge in [0, 0.05) is 12.6 Å². The van der Waals surface area contributed by atoms with Crippen LogP contribution in [0.5, 0.6) is 0 Å². The summed E-state index contributed by atoms with van der Waals surface area (Å²) in [6.07, 6.45) is 6.04. The summed E-state index contributed by atoms with van der Waals surface area (Å²) in [7, 11) is 0. The number of rotatable bonds is 4. The standard InChI is InChI=1S/C20H17ClN4O4/c1-2-20(11-26)14(28-18(27)12-6-4-3-5-7-12)10-15(29-20)25-9-8-13-16(22)23-19(21)24-17(13)25/h1,3-9,14-15,26H,10-11H2,(H2,22,23,24)/t14-,15+,20+/m0/s1. The molecule has 3 atom stereocenters. The summed E-state index contributed by atoms with van der Waals surface area (Å²) in [5.74, 6) is 2.13. The van der Waals surface area contributed by atoms with Crippen LogP contribution >= 0.6 is 11.6 Å². The summed E-state index contributed by atoms with van der Waals surface area (Å²) in [6.45, 7) is -0.524. The summed E-state index contributed by atoms with van der Waals surface area (Å²) < 4.78 is 13.3. The Bertz CT molecular complexity index is 1110. The predicted octanol–water partition coefficient (Wildman–Crippen LogP) is 2.18. The van der Waals surface area contributed by atoms with Crippen LogP contribution < -0.4 is 5.73 Å². The molecule has 1 aliphatic heterocycles. The van der Waals surface area contributed by atoms with Crippen molar-refractivity contribution in [1.29, 1.82) is 0 Å². The van der Waals surface area contributed by atoms with Crippen LogP contribution in [0.15, 0.2) is 42.6 Å². The number of hydrogen-bond donors (Lipinski definition) is 2. The third-order valence-corrected chi connectivity index (χ3v) is 5.07. The Morgan fingerprint density at radius 2 is 2.17 bits per heavy atom. The molecule has 3 N–H and O–H groups in total. The molecule has 1 aliphatic rings. The molecule has 0 aliphatic carbocycles. The highest BCUT2D eigenvalue weighted by Gasteiger charge is 2.51. The average molecular weight is 413 g/mol. The van der Waals surface area contributed by atoms with E-state index in [1.807, 2.05) is 0 Å². The molecule has 1 aromatic carbocycles. The molecule has 3 aromatic rings. The topological polar surface area (TPSA) is 112 Å². The van der Waals surface area contributed by atoms with E-state index in [0.717, 1.165) is 0 Å². The minimum atomic E-state index is -1.49. The first kappa shape index (κ1) is 19.2. The van der Waals surface area contributed by atoms with Crippen molar-refractivity contribution in [3.8, 4) is 12.3 Å². The number of carbonyl (C=O) groups excluding carboxylic acids is 1. The van der Waals surface area contributed by atoms with Gasteiger partial charge in [0.1, 0.15) is 23.8 Å². The molecule has 0 bridgehead atoms. The van der Waals surface area contributed by atoms with Crippen LogP contribution in [0.1, 0.15) is 23.0 Å². The van der Waals surface area contributed by atoms with Crippen molar-refractivity contribution in [2.45, 2.75) is 24.4 Å². The molecule has 0 amide bonds. The van der Waals surface area contributed by atoms with E-state index >= 15 is 0 Å². The monoisotopic (exact) mass is 412 g/mol. The maximum absolute atomic E-state index is 12.5. The van der Waals surface area contributed by atoms with Crippen molar-refractivity contribution < 1.29 is 19.4 Å². The lowest BCUT2D eigenvalue weighted by Gasteiger charge is -2.26. The van der Waals surface area contributed by atoms with E-state index < -0.39 is 30.5 Å². The Labute approximate surface area is 171 Å². The Morgan fingerprint density at radius 1 is 1.41 bits per heavy atom. The van der Waals surface area contributed by atoms with Gasteiger partial charge in [-0.3, -0.25) is 0 Å². The lowest BCUT2D eigenvalue weighted by atomic mass is 9.98. The van der Waals surface area contributed by atoms with Crippen molar-refractivity contribution in [1.82, 2.24) is 14.5 Å². The molecule has 1 fully saturated rings. The maximum atomic E-state index is 12.5. The fraction of sp³-hybridized carbons (Fsp3) is 0.250. The van der Waals surface area contributed by atoms with Gasteiger partial charge in [0.25, 0.3) is 0 Å². The summed E-state index contributed by atoms with van der Waals surface area (Å²) in [5.41, 5.74) is 5.23. The number of terminal acetylenes is 1.